The first-order valence-electron chi connectivity index (χ1n) is 13.0. The fourth-order valence-corrected chi connectivity index (χ4v) is 4.83. The quantitative estimate of drug-likeness (QED) is 0.310. The molecule has 41 heavy (non-hydrogen) atoms. The molecular formula is C29H23ClF3N5O3. The van der Waals surface area contributed by atoms with Crippen LogP contribution in [0, 0.1) is 24.7 Å². The predicted molar refractivity (Wildman–Crippen MR) is 146 cm³/mol. The molecule has 2 amide bonds. The number of fused-ring (bicyclic) bond motifs is 3. The number of hydrogen-bond acceptors (Lipinski definition) is 6. The molecule has 1 atom stereocenters. The number of nitrogens with one attached hydrogen (secondary N) is 2. The molecule has 1 aromatic carbocycles. The van der Waals surface area contributed by atoms with Gasteiger partial charge in [-0.1, -0.05) is 17.5 Å². The molecule has 2 fully saturated rings. The van der Waals surface area contributed by atoms with Crippen molar-refractivity contribution in [3.8, 4) is 11.8 Å². The number of amides is 2. The lowest BCUT2D eigenvalue weighted by molar-refractivity contribution is -0.239. The second-order valence-electron chi connectivity index (χ2n) is 10.2. The van der Waals surface area contributed by atoms with Crippen LogP contribution < -0.4 is 15.5 Å². The van der Waals surface area contributed by atoms with Crippen LogP contribution in [-0.4, -0.2) is 34.2 Å². The molecule has 7 rings (SSSR count). The van der Waals surface area contributed by atoms with Crippen molar-refractivity contribution in [2.45, 2.75) is 50.4 Å². The summed E-state index contributed by atoms with van der Waals surface area (Å²) in [6.45, 7) is 1.98. The number of hydrogen-bond donors (Lipinski definition) is 2. The predicted octanol–water partition coefficient (Wildman–Crippen LogP) is 6.72. The zero-order valence-corrected chi connectivity index (χ0v) is 22.4. The van der Waals surface area contributed by atoms with Gasteiger partial charge in [0.15, 0.2) is 5.82 Å². The summed E-state index contributed by atoms with van der Waals surface area (Å²) < 4.78 is 45.4. The van der Waals surface area contributed by atoms with Crippen molar-refractivity contribution in [1.82, 2.24) is 9.97 Å². The molecular weight excluding hydrogens is 559 g/mol. The number of cyclic esters (lactones) is 1. The number of aromatic nitrogens is 2. The average Bonchev–Trinajstić information content (AvgIpc) is 3.84. The molecule has 0 spiro atoms. The molecule has 4 aliphatic rings. The van der Waals surface area contributed by atoms with Gasteiger partial charge in [-0.3, -0.25) is 10.1 Å². The van der Waals surface area contributed by atoms with Crippen LogP contribution in [0.3, 0.4) is 0 Å². The molecule has 2 aromatic heterocycles. The van der Waals surface area contributed by atoms with E-state index in [9.17, 15) is 22.8 Å². The van der Waals surface area contributed by atoms with Crippen molar-refractivity contribution in [3.63, 3.8) is 0 Å². The topological polar surface area (TPSA) is 96.5 Å². The largest absolute Gasteiger partial charge is 0.445 e. The van der Waals surface area contributed by atoms with Crippen molar-refractivity contribution in [3.05, 3.63) is 70.5 Å². The van der Waals surface area contributed by atoms with Gasteiger partial charge in [0.05, 0.1) is 16.9 Å². The molecule has 210 valence electrons. The van der Waals surface area contributed by atoms with Gasteiger partial charge in [-0.05, 0) is 80.5 Å². The Morgan fingerprint density at radius 2 is 1.80 bits per heavy atom. The second kappa shape index (κ2) is 9.96. The first-order valence-corrected chi connectivity index (χ1v) is 13.4. The summed E-state index contributed by atoms with van der Waals surface area (Å²) in [5.74, 6) is 6.00. The molecule has 3 aromatic rings. The van der Waals surface area contributed by atoms with E-state index in [4.69, 9.17) is 11.6 Å². The Bertz CT molecular complexity index is 1630. The molecule has 2 aliphatic heterocycles. The molecule has 4 heterocycles. The minimum absolute atomic E-state index is 0.00179. The number of nitrogens with zero attached hydrogens (tertiary/aromatic N) is 3. The zero-order valence-electron chi connectivity index (χ0n) is 21.7. The van der Waals surface area contributed by atoms with E-state index in [0.29, 0.717) is 17.4 Å². The third-order valence-corrected chi connectivity index (χ3v) is 7.28. The number of carbonyl (C=O) groups excluding carboxylic acids is 2. The number of alkyl halides is 3. The molecule has 2 N–H and O–H groups in total. The molecule has 8 nitrogen and oxygen atoms in total. The summed E-state index contributed by atoms with van der Waals surface area (Å²) in [5.41, 5.74) is -0.854. The lowest BCUT2D eigenvalue weighted by atomic mass is 9.90. The summed E-state index contributed by atoms with van der Waals surface area (Å²) >= 11 is 5.78. The lowest BCUT2D eigenvalue weighted by Gasteiger charge is -2.35. The van der Waals surface area contributed by atoms with E-state index in [2.05, 4.69) is 42.1 Å². The summed E-state index contributed by atoms with van der Waals surface area (Å²) in [5, 5.41) is 5.31. The Kier molecular flexibility index (Phi) is 6.53. The fourth-order valence-electron chi connectivity index (χ4n) is 4.66. The maximum atomic E-state index is 13.6. The van der Waals surface area contributed by atoms with Crippen LogP contribution in [0.15, 0.2) is 48.8 Å². The van der Waals surface area contributed by atoms with Gasteiger partial charge in [0.1, 0.15) is 5.82 Å². The van der Waals surface area contributed by atoms with Crippen molar-refractivity contribution >= 4 is 46.6 Å². The molecule has 0 radical (unpaired) electrons. The Balaban J connectivity index is 0.000000148. The Morgan fingerprint density at radius 3 is 2.51 bits per heavy atom. The van der Waals surface area contributed by atoms with Gasteiger partial charge in [-0.2, -0.15) is 13.2 Å². The van der Waals surface area contributed by atoms with Crippen LogP contribution in [0.1, 0.15) is 47.2 Å². The van der Waals surface area contributed by atoms with Gasteiger partial charge in [0.25, 0.3) is 11.5 Å². The molecule has 0 bridgehead atoms. The normalized spacial score (nSPS) is 20.8. The van der Waals surface area contributed by atoms with Crippen LogP contribution in [0.4, 0.5) is 41.0 Å². The molecule has 12 heteroatoms. The minimum atomic E-state index is -4.87. The van der Waals surface area contributed by atoms with Gasteiger partial charge >= 0.3 is 12.3 Å². The third kappa shape index (κ3) is 5.04. The van der Waals surface area contributed by atoms with E-state index in [1.807, 2.05) is 19.1 Å². The molecule has 0 saturated heterocycles. The van der Waals surface area contributed by atoms with Gasteiger partial charge in [0, 0.05) is 34.9 Å². The Hall–Kier alpha value is -4.30. The number of halogens is 4. The van der Waals surface area contributed by atoms with Crippen LogP contribution in [0.25, 0.3) is 0 Å². The number of pyridine rings is 2. The van der Waals surface area contributed by atoms with E-state index in [1.165, 1.54) is 12.1 Å². The minimum Gasteiger partial charge on any atom is -0.415 e. The van der Waals surface area contributed by atoms with E-state index in [0.717, 1.165) is 48.8 Å². The first-order chi connectivity index (χ1) is 19.6. The monoisotopic (exact) mass is 581 g/mol. The highest BCUT2D eigenvalue weighted by atomic mass is 35.5. The summed E-state index contributed by atoms with van der Waals surface area (Å²) in [6.07, 6.45) is 1.19. The van der Waals surface area contributed by atoms with Gasteiger partial charge < -0.3 is 15.0 Å². The first kappa shape index (κ1) is 26.9. The standard InChI is InChI=1S/C15H14N4O.C14H9ClF3NO2/c1-9-6-8-17-14-12(9)18-15(20)11-3-2-7-16-13(11)19(14)10-4-5-10;15-9-3-4-11-10(7-9)13(14(16,17)18,21-12(20)19-11)6-5-8-1-2-8/h2-3,6-8,10H,4-5H2,1H3,(H,18,20);3-4,7-8H,1-2H2,(H,19,20)/t;13-/m.0/s1. The van der Waals surface area contributed by atoms with E-state index < -0.39 is 17.9 Å². The number of ether oxygens (including phenoxy) is 1. The fraction of sp³-hybridized carbons (Fsp3) is 0.310. The van der Waals surface area contributed by atoms with E-state index in [-0.39, 0.29) is 28.1 Å². The highest BCUT2D eigenvalue weighted by Gasteiger charge is 2.62. The third-order valence-electron chi connectivity index (χ3n) is 7.05. The van der Waals surface area contributed by atoms with Crippen molar-refractivity contribution < 1.29 is 27.5 Å². The summed E-state index contributed by atoms with van der Waals surface area (Å²) in [4.78, 5) is 34.9. The Labute approximate surface area is 238 Å². The molecule has 2 aliphatic carbocycles. The maximum absolute atomic E-state index is 13.6. The van der Waals surface area contributed by atoms with Gasteiger partial charge in [0.2, 0.25) is 0 Å². The smallest absolute Gasteiger partial charge is 0.415 e. The number of carbonyl (C=O) groups is 2. The number of benzene rings is 1. The average molecular weight is 582 g/mol. The van der Waals surface area contributed by atoms with Crippen LogP contribution in [0.5, 0.6) is 0 Å². The van der Waals surface area contributed by atoms with Crippen LogP contribution in [0.2, 0.25) is 5.02 Å². The lowest BCUT2D eigenvalue weighted by Crippen LogP contribution is -2.49. The maximum Gasteiger partial charge on any atom is 0.445 e. The van der Waals surface area contributed by atoms with Gasteiger partial charge in [-0.15, -0.1) is 0 Å². The number of rotatable bonds is 1. The number of aryl methyl sites for hydroxylation is 1. The number of anilines is 4. The van der Waals surface area contributed by atoms with E-state index >= 15 is 0 Å². The summed E-state index contributed by atoms with van der Waals surface area (Å²) in [7, 11) is 0. The highest BCUT2D eigenvalue weighted by molar-refractivity contribution is 6.30. The molecule has 0 unspecified atom stereocenters. The van der Waals surface area contributed by atoms with Gasteiger partial charge in [-0.25, -0.2) is 14.8 Å². The second-order valence-corrected chi connectivity index (χ2v) is 10.6. The zero-order chi connectivity index (χ0) is 28.9. The van der Waals surface area contributed by atoms with Crippen molar-refractivity contribution in [1.29, 1.82) is 0 Å². The van der Waals surface area contributed by atoms with Crippen molar-refractivity contribution in [2.75, 3.05) is 15.5 Å². The van der Waals surface area contributed by atoms with E-state index in [1.54, 1.807) is 18.5 Å². The molecule has 2 saturated carbocycles. The van der Waals surface area contributed by atoms with Crippen LogP contribution in [-0.2, 0) is 10.3 Å². The SMILES string of the molecule is Cc1ccnc2c1NC(=O)c1cccnc1N2C1CC1.O=C1Nc2ccc(Cl)cc2[C@@](C#CC2CC2)(C(F)(F)F)O1. The van der Waals surface area contributed by atoms with Crippen LogP contribution >= 0.6 is 11.6 Å². The van der Waals surface area contributed by atoms with Crippen molar-refractivity contribution in [2.24, 2.45) is 5.92 Å². The Morgan fingerprint density at radius 1 is 1.05 bits per heavy atom. The highest BCUT2D eigenvalue weighted by Crippen LogP contribution is 2.48. The summed E-state index contributed by atoms with van der Waals surface area (Å²) in [6, 6.07) is 9.72.